The molecule has 1 atom stereocenters. The quantitative estimate of drug-likeness (QED) is 0.728. The third-order valence-electron chi connectivity index (χ3n) is 2.91. The maximum absolute atomic E-state index is 4.26. The van der Waals surface area contributed by atoms with Gasteiger partial charge in [-0.2, -0.15) is 0 Å². The second-order valence-corrected chi connectivity index (χ2v) is 5.86. The summed E-state index contributed by atoms with van der Waals surface area (Å²) in [5.74, 6) is 1.09. The van der Waals surface area contributed by atoms with E-state index in [1.54, 1.807) is 0 Å². The molecule has 0 N–H and O–H groups in total. The van der Waals surface area contributed by atoms with Crippen LogP contribution >= 0.6 is 11.9 Å². The summed E-state index contributed by atoms with van der Waals surface area (Å²) in [7, 11) is 0. The summed E-state index contributed by atoms with van der Waals surface area (Å²) in [4.78, 5) is 4.26. The number of aryl methyl sites for hydroxylation is 1. The lowest BCUT2D eigenvalue weighted by Gasteiger charge is -2.27. The Kier molecular flexibility index (Phi) is 4.71. The Bertz CT molecular complexity index is 296. The van der Waals surface area contributed by atoms with Crippen molar-refractivity contribution in [3.63, 3.8) is 0 Å². The van der Waals surface area contributed by atoms with Crippen LogP contribution in [0.25, 0.3) is 0 Å². The van der Waals surface area contributed by atoms with Gasteiger partial charge in [0.05, 0.1) is 0 Å². The van der Waals surface area contributed by atoms with E-state index in [9.17, 15) is 0 Å². The van der Waals surface area contributed by atoms with E-state index in [-0.39, 0.29) is 0 Å². The molecule has 0 aliphatic heterocycles. The lowest BCUT2D eigenvalue weighted by molar-refractivity contribution is 0.536. The van der Waals surface area contributed by atoms with Crippen LogP contribution in [0.2, 0.25) is 0 Å². The zero-order chi connectivity index (χ0) is 11.3. The van der Waals surface area contributed by atoms with Gasteiger partial charge in [-0.25, -0.2) is 4.98 Å². The van der Waals surface area contributed by atoms with E-state index in [4.69, 9.17) is 0 Å². The normalized spacial score (nSPS) is 15.2. The monoisotopic (exact) mass is 226 g/mol. The number of rotatable bonds is 6. The van der Waals surface area contributed by atoms with E-state index in [1.807, 2.05) is 18.1 Å². The Morgan fingerprint density at radius 3 is 2.67 bits per heavy atom. The van der Waals surface area contributed by atoms with Crippen molar-refractivity contribution in [2.45, 2.75) is 58.1 Å². The van der Waals surface area contributed by atoms with E-state index in [2.05, 4.69) is 42.8 Å². The minimum absolute atomic E-state index is 0.349. The third-order valence-corrected chi connectivity index (χ3v) is 4.42. The molecule has 15 heavy (non-hydrogen) atoms. The van der Waals surface area contributed by atoms with Crippen molar-refractivity contribution < 1.29 is 0 Å². The zero-order valence-corrected chi connectivity index (χ0v) is 11.1. The standard InChI is InChI=1S/C12H22N2S/c1-5-7-8-12(4,6-2)15-14-10-9-13-11(14)3/h9-10H,5-8H2,1-4H3/t12-/m0/s1. The predicted octanol–water partition coefficient (Wildman–Crippen LogP) is 4.05. The van der Waals surface area contributed by atoms with Gasteiger partial charge in [-0.3, -0.25) is 3.97 Å². The maximum Gasteiger partial charge on any atom is 0.115 e. The molecule has 0 spiro atoms. The summed E-state index contributed by atoms with van der Waals surface area (Å²) in [6, 6.07) is 0. The Labute approximate surface area is 97.6 Å². The van der Waals surface area contributed by atoms with Gasteiger partial charge in [-0.05, 0) is 38.6 Å². The lowest BCUT2D eigenvalue weighted by Crippen LogP contribution is -2.20. The highest BCUT2D eigenvalue weighted by molar-refractivity contribution is 7.99. The minimum atomic E-state index is 0.349. The van der Waals surface area contributed by atoms with Crippen molar-refractivity contribution in [3.8, 4) is 0 Å². The van der Waals surface area contributed by atoms with Gasteiger partial charge in [0, 0.05) is 17.1 Å². The number of unbranched alkanes of at least 4 members (excludes halogenated alkanes) is 1. The minimum Gasteiger partial charge on any atom is -0.277 e. The molecule has 0 saturated heterocycles. The number of imidazole rings is 1. The summed E-state index contributed by atoms with van der Waals surface area (Å²) in [6.45, 7) is 8.94. The molecule has 86 valence electrons. The van der Waals surface area contributed by atoms with E-state index in [1.165, 1.54) is 25.7 Å². The van der Waals surface area contributed by atoms with Gasteiger partial charge in [0.25, 0.3) is 0 Å². The Morgan fingerprint density at radius 1 is 1.47 bits per heavy atom. The van der Waals surface area contributed by atoms with Gasteiger partial charge >= 0.3 is 0 Å². The van der Waals surface area contributed by atoms with Gasteiger partial charge in [0.1, 0.15) is 5.82 Å². The first-order chi connectivity index (χ1) is 7.11. The van der Waals surface area contributed by atoms with Crippen molar-refractivity contribution in [3.05, 3.63) is 18.2 Å². The Morgan fingerprint density at radius 2 is 2.20 bits per heavy atom. The second kappa shape index (κ2) is 5.59. The van der Waals surface area contributed by atoms with Crippen LogP contribution in [0.1, 0.15) is 52.3 Å². The molecule has 3 heteroatoms. The molecular formula is C12H22N2S. The molecule has 2 nitrogen and oxygen atoms in total. The van der Waals surface area contributed by atoms with Gasteiger partial charge in [0.2, 0.25) is 0 Å². The van der Waals surface area contributed by atoms with Crippen LogP contribution in [0.4, 0.5) is 0 Å². The third kappa shape index (κ3) is 3.56. The average Bonchev–Trinajstić information content (AvgIpc) is 2.61. The van der Waals surface area contributed by atoms with Crippen LogP contribution in [0.5, 0.6) is 0 Å². The zero-order valence-electron chi connectivity index (χ0n) is 10.3. The van der Waals surface area contributed by atoms with E-state index < -0.39 is 0 Å². The second-order valence-electron chi connectivity index (χ2n) is 4.30. The summed E-state index contributed by atoms with van der Waals surface area (Å²) in [5, 5.41) is 0. The predicted molar refractivity (Wildman–Crippen MR) is 68.2 cm³/mol. The van der Waals surface area contributed by atoms with Crippen LogP contribution in [0.15, 0.2) is 12.4 Å². The van der Waals surface area contributed by atoms with Gasteiger partial charge < -0.3 is 0 Å². The molecule has 0 aromatic carbocycles. The summed E-state index contributed by atoms with van der Waals surface area (Å²) >= 11 is 1.92. The van der Waals surface area contributed by atoms with Crippen molar-refractivity contribution in [1.29, 1.82) is 0 Å². The fourth-order valence-corrected chi connectivity index (χ4v) is 2.67. The Balaban J connectivity index is 2.63. The van der Waals surface area contributed by atoms with Gasteiger partial charge in [-0.1, -0.05) is 26.7 Å². The van der Waals surface area contributed by atoms with E-state index >= 15 is 0 Å². The molecular weight excluding hydrogens is 204 g/mol. The molecule has 0 fully saturated rings. The fraction of sp³-hybridized carbons (Fsp3) is 0.750. The molecule has 0 aliphatic rings. The highest BCUT2D eigenvalue weighted by Gasteiger charge is 2.23. The van der Waals surface area contributed by atoms with E-state index in [0.29, 0.717) is 4.75 Å². The molecule has 1 aromatic heterocycles. The summed E-state index contributed by atoms with van der Waals surface area (Å²) in [5.41, 5.74) is 0. The van der Waals surface area contributed by atoms with Crippen LogP contribution in [0.3, 0.4) is 0 Å². The first-order valence-corrected chi connectivity index (χ1v) is 6.58. The van der Waals surface area contributed by atoms with Crippen LogP contribution in [-0.2, 0) is 0 Å². The molecule has 0 aliphatic carbocycles. The topological polar surface area (TPSA) is 17.8 Å². The highest BCUT2D eigenvalue weighted by atomic mass is 32.2. The van der Waals surface area contributed by atoms with Crippen LogP contribution in [-0.4, -0.2) is 13.7 Å². The SMILES string of the molecule is CCCC[C@](C)(CC)Sn1ccnc1C. The fourth-order valence-electron chi connectivity index (χ4n) is 1.54. The summed E-state index contributed by atoms with van der Waals surface area (Å²) < 4.78 is 2.54. The number of aromatic nitrogens is 2. The molecule has 1 aromatic rings. The van der Waals surface area contributed by atoms with Crippen molar-refractivity contribution in [2.75, 3.05) is 0 Å². The maximum atomic E-state index is 4.26. The van der Waals surface area contributed by atoms with Crippen LogP contribution in [0, 0.1) is 6.92 Å². The first-order valence-electron chi connectivity index (χ1n) is 5.80. The van der Waals surface area contributed by atoms with Crippen molar-refractivity contribution in [2.24, 2.45) is 0 Å². The number of nitrogens with zero attached hydrogens (tertiary/aromatic N) is 2. The van der Waals surface area contributed by atoms with Crippen molar-refractivity contribution in [1.82, 2.24) is 8.96 Å². The van der Waals surface area contributed by atoms with Gasteiger partial charge in [-0.15, -0.1) is 0 Å². The van der Waals surface area contributed by atoms with Gasteiger partial charge in [0.15, 0.2) is 0 Å². The molecule has 0 radical (unpaired) electrons. The van der Waals surface area contributed by atoms with Crippen molar-refractivity contribution >= 4 is 11.9 Å². The Hall–Kier alpha value is -0.440. The molecule has 1 rings (SSSR count). The smallest absolute Gasteiger partial charge is 0.115 e. The van der Waals surface area contributed by atoms with E-state index in [0.717, 1.165) is 5.82 Å². The lowest BCUT2D eigenvalue weighted by atomic mass is 10.0. The molecule has 0 unspecified atom stereocenters. The summed E-state index contributed by atoms with van der Waals surface area (Å²) in [6.07, 6.45) is 9.00. The molecule has 1 heterocycles. The average molecular weight is 226 g/mol. The first kappa shape index (κ1) is 12.6. The molecule has 0 amide bonds. The largest absolute Gasteiger partial charge is 0.277 e. The molecule has 0 bridgehead atoms. The van der Waals surface area contributed by atoms with Crippen LogP contribution < -0.4 is 0 Å². The highest BCUT2D eigenvalue weighted by Crippen LogP contribution is 2.35. The number of hydrogen-bond acceptors (Lipinski definition) is 2. The molecule has 0 saturated carbocycles. The number of hydrogen-bond donors (Lipinski definition) is 0.